The smallest absolute Gasteiger partial charge is 0.240 e. The number of nitrogens with zero attached hydrogens (tertiary/aromatic N) is 2. The second-order valence-corrected chi connectivity index (χ2v) is 5.17. The van der Waals surface area contributed by atoms with E-state index in [2.05, 4.69) is 5.32 Å². The average Bonchev–Trinajstić information content (AvgIpc) is 2.59. The Balaban J connectivity index is 1.99. The van der Waals surface area contributed by atoms with Crippen molar-refractivity contribution in [3.8, 4) is 6.07 Å². The largest absolute Gasteiger partial charge is 0.350 e. The quantitative estimate of drug-likeness (QED) is 0.917. The van der Waals surface area contributed by atoms with Gasteiger partial charge in [-0.3, -0.25) is 9.59 Å². The van der Waals surface area contributed by atoms with Crippen molar-refractivity contribution in [2.75, 3.05) is 11.4 Å². The molecule has 0 unspecified atom stereocenters. The van der Waals surface area contributed by atoms with Crippen molar-refractivity contribution in [1.29, 1.82) is 5.26 Å². The number of hydrogen-bond donors (Lipinski definition) is 1. The van der Waals surface area contributed by atoms with E-state index in [1.807, 2.05) is 6.07 Å². The molecule has 0 fully saturated rings. The van der Waals surface area contributed by atoms with Crippen molar-refractivity contribution >= 4 is 17.5 Å². The number of amides is 2. The van der Waals surface area contributed by atoms with Gasteiger partial charge >= 0.3 is 0 Å². The molecule has 2 aromatic carbocycles. The molecule has 0 radical (unpaired) electrons. The van der Waals surface area contributed by atoms with Gasteiger partial charge in [0, 0.05) is 19.2 Å². The van der Waals surface area contributed by atoms with Gasteiger partial charge in [-0.2, -0.15) is 5.26 Å². The summed E-state index contributed by atoms with van der Waals surface area (Å²) in [6.07, 6.45) is 0. The lowest BCUT2D eigenvalue weighted by Crippen LogP contribution is -2.39. The Hall–Kier alpha value is -3.20. The zero-order valence-electron chi connectivity index (χ0n) is 13.1. The standard InChI is InChI=1S/C18H16FN3O2/c1-13(23)22(17-8-4-14(10-20)5-9-17)12-18(24)21-11-15-2-6-16(19)7-3-15/h2-9H,11-12H2,1H3,(H,21,24). The normalized spacial score (nSPS) is 9.88. The summed E-state index contributed by atoms with van der Waals surface area (Å²) in [4.78, 5) is 25.2. The van der Waals surface area contributed by atoms with Crippen LogP contribution >= 0.6 is 0 Å². The molecule has 122 valence electrons. The molecule has 1 N–H and O–H groups in total. The van der Waals surface area contributed by atoms with Crippen LogP contribution in [0.1, 0.15) is 18.1 Å². The number of anilines is 1. The second kappa shape index (κ2) is 7.88. The molecule has 0 heterocycles. The molecule has 0 bridgehead atoms. The van der Waals surface area contributed by atoms with Crippen molar-refractivity contribution in [3.05, 3.63) is 65.5 Å². The van der Waals surface area contributed by atoms with Gasteiger partial charge in [0.15, 0.2) is 0 Å². The summed E-state index contributed by atoms with van der Waals surface area (Å²) in [5, 5.41) is 11.5. The lowest BCUT2D eigenvalue weighted by molar-refractivity contribution is -0.123. The van der Waals surface area contributed by atoms with E-state index in [0.717, 1.165) is 5.56 Å². The highest BCUT2D eigenvalue weighted by atomic mass is 19.1. The molecule has 2 rings (SSSR count). The third kappa shape index (κ3) is 4.65. The Bertz CT molecular complexity index is 764. The molecule has 2 aromatic rings. The molecule has 0 aliphatic carbocycles. The maximum atomic E-state index is 12.8. The van der Waals surface area contributed by atoms with Crippen LogP contribution in [-0.4, -0.2) is 18.4 Å². The minimum Gasteiger partial charge on any atom is -0.350 e. The summed E-state index contributed by atoms with van der Waals surface area (Å²) in [5.41, 5.74) is 1.78. The molecular formula is C18H16FN3O2. The number of rotatable bonds is 5. The Morgan fingerprint density at radius 1 is 1.12 bits per heavy atom. The van der Waals surface area contributed by atoms with Crippen LogP contribution in [0.25, 0.3) is 0 Å². The van der Waals surface area contributed by atoms with Crippen LogP contribution in [0, 0.1) is 17.1 Å². The Labute approximate surface area is 139 Å². The Morgan fingerprint density at radius 2 is 1.75 bits per heavy atom. The van der Waals surface area contributed by atoms with Crippen LogP contribution < -0.4 is 10.2 Å². The fraction of sp³-hybridized carbons (Fsp3) is 0.167. The molecule has 0 aliphatic heterocycles. The summed E-state index contributed by atoms with van der Waals surface area (Å²) in [6.45, 7) is 1.48. The molecule has 0 aliphatic rings. The lowest BCUT2D eigenvalue weighted by Gasteiger charge is -2.20. The molecule has 2 amide bonds. The minimum atomic E-state index is -0.339. The first-order valence-electron chi connectivity index (χ1n) is 7.29. The fourth-order valence-corrected chi connectivity index (χ4v) is 2.10. The van der Waals surface area contributed by atoms with Gasteiger partial charge in [0.1, 0.15) is 12.4 Å². The monoisotopic (exact) mass is 325 g/mol. The molecular weight excluding hydrogens is 309 g/mol. The van der Waals surface area contributed by atoms with E-state index >= 15 is 0 Å². The third-order valence-corrected chi connectivity index (χ3v) is 3.39. The molecule has 0 saturated carbocycles. The molecule has 5 nitrogen and oxygen atoms in total. The molecule has 0 saturated heterocycles. The summed E-state index contributed by atoms with van der Waals surface area (Å²) in [6, 6.07) is 14.2. The fourth-order valence-electron chi connectivity index (χ4n) is 2.10. The zero-order chi connectivity index (χ0) is 17.5. The van der Waals surface area contributed by atoms with E-state index < -0.39 is 0 Å². The second-order valence-electron chi connectivity index (χ2n) is 5.17. The molecule has 24 heavy (non-hydrogen) atoms. The number of hydrogen-bond acceptors (Lipinski definition) is 3. The van der Waals surface area contributed by atoms with Crippen LogP contribution in [0.4, 0.5) is 10.1 Å². The number of carbonyl (C=O) groups excluding carboxylic acids is 2. The van der Waals surface area contributed by atoms with Crippen molar-refractivity contribution in [1.82, 2.24) is 5.32 Å². The predicted molar refractivity (Wildman–Crippen MR) is 87.4 cm³/mol. The van der Waals surface area contributed by atoms with Gasteiger partial charge in [-0.05, 0) is 42.0 Å². The van der Waals surface area contributed by atoms with E-state index in [9.17, 15) is 14.0 Å². The van der Waals surface area contributed by atoms with Gasteiger partial charge in [0.25, 0.3) is 0 Å². The first kappa shape index (κ1) is 17.2. The van der Waals surface area contributed by atoms with Crippen molar-refractivity contribution in [2.45, 2.75) is 13.5 Å². The minimum absolute atomic E-state index is 0.136. The van der Waals surface area contributed by atoms with Gasteiger partial charge in [-0.1, -0.05) is 12.1 Å². The molecule has 0 atom stereocenters. The maximum Gasteiger partial charge on any atom is 0.240 e. The van der Waals surface area contributed by atoms with Crippen molar-refractivity contribution in [2.24, 2.45) is 0 Å². The highest BCUT2D eigenvalue weighted by molar-refractivity contribution is 5.97. The zero-order valence-corrected chi connectivity index (χ0v) is 13.1. The Morgan fingerprint density at radius 3 is 2.29 bits per heavy atom. The Kier molecular flexibility index (Phi) is 5.63. The number of benzene rings is 2. The van der Waals surface area contributed by atoms with Gasteiger partial charge in [-0.15, -0.1) is 0 Å². The van der Waals surface area contributed by atoms with Gasteiger partial charge in [0.05, 0.1) is 11.6 Å². The first-order valence-corrected chi connectivity index (χ1v) is 7.29. The molecule has 6 heteroatoms. The van der Waals surface area contributed by atoms with Gasteiger partial charge < -0.3 is 10.2 Å². The van der Waals surface area contributed by atoms with Crippen molar-refractivity contribution < 1.29 is 14.0 Å². The van der Waals surface area contributed by atoms with Crippen LogP contribution in [0.3, 0.4) is 0 Å². The van der Waals surface area contributed by atoms with Crippen LogP contribution in [-0.2, 0) is 16.1 Å². The summed E-state index contributed by atoms with van der Waals surface area (Å²) < 4.78 is 12.8. The predicted octanol–water partition coefficient (Wildman–Crippen LogP) is 2.37. The highest BCUT2D eigenvalue weighted by Crippen LogP contribution is 2.15. The van der Waals surface area contributed by atoms with Crippen LogP contribution in [0.2, 0.25) is 0 Å². The number of halogens is 1. The van der Waals surface area contributed by atoms with E-state index in [1.165, 1.54) is 24.0 Å². The average molecular weight is 325 g/mol. The highest BCUT2D eigenvalue weighted by Gasteiger charge is 2.15. The third-order valence-electron chi connectivity index (χ3n) is 3.39. The van der Waals surface area contributed by atoms with E-state index in [1.54, 1.807) is 36.4 Å². The molecule has 0 spiro atoms. The van der Waals surface area contributed by atoms with Crippen molar-refractivity contribution in [3.63, 3.8) is 0 Å². The number of carbonyl (C=O) groups is 2. The lowest BCUT2D eigenvalue weighted by atomic mass is 10.2. The summed E-state index contributed by atoms with van der Waals surface area (Å²) >= 11 is 0. The number of nitrogens with one attached hydrogen (secondary N) is 1. The summed E-state index contributed by atoms with van der Waals surface area (Å²) in [7, 11) is 0. The first-order chi connectivity index (χ1) is 11.5. The van der Waals surface area contributed by atoms with Crippen LogP contribution in [0.5, 0.6) is 0 Å². The van der Waals surface area contributed by atoms with E-state index in [4.69, 9.17) is 5.26 Å². The molecule has 0 aromatic heterocycles. The van der Waals surface area contributed by atoms with E-state index in [-0.39, 0.29) is 30.7 Å². The maximum absolute atomic E-state index is 12.8. The van der Waals surface area contributed by atoms with Gasteiger partial charge in [0.2, 0.25) is 11.8 Å². The van der Waals surface area contributed by atoms with Crippen LogP contribution in [0.15, 0.2) is 48.5 Å². The summed E-state index contributed by atoms with van der Waals surface area (Å²) in [5.74, 6) is -0.954. The topological polar surface area (TPSA) is 73.2 Å². The SMILES string of the molecule is CC(=O)N(CC(=O)NCc1ccc(F)cc1)c1ccc(C#N)cc1. The number of nitriles is 1. The van der Waals surface area contributed by atoms with Gasteiger partial charge in [-0.25, -0.2) is 4.39 Å². The van der Waals surface area contributed by atoms with E-state index in [0.29, 0.717) is 11.3 Å².